The fraction of sp³-hybridized carbons (Fsp3) is 0.442. The van der Waals surface area contributed by atoms with Crippen LogP contribution < -0.4 is 15.0 Å². The molecular formula is C43H47F3N6O5. The fourth-order valence-corrected chi connectivity index (χ4v) is 8.82. The molecule has 3 aromatic carbocycles. The van der Waals surface area contributed by atoms with Crippen molar-refractivity contribution in [1.29, 1.82) is 0 Å². The van der Waals surface area contributed by atoms with Gasteiger partial charge in [0.1, 0.15) is 11.8 Å². The van der Waals surface area contributed by atoms with Crippen LogP contribution in [0.25, 0.3) is 22.0 Å². The number of aromatic nitrogens is 1. The zero-order valence-electron chi connectivity index (χ0n) is 32.0. The van der Waals surface area contributed by atoms with Gasteiger partial charge in [0, 0.05) is 80.6 Å². The molecule has 0 radical (unpaired) electrons. The maximum atomic E-state index is 13.3. The SMILES string of the molecule is CCCCn1cc(-c2ccc(OC(F)(F)F)cc2)c2cc(CN3CCC(CN4CCN(c5ccc6c(c5)C(=O)N(C5CCC(=O)NC5=O)C6=O)CC4)CC3)ccc21. The number of hydrogen-bond donors (Lipinski definition) is 1. The number of ether oxygens (including phenoxy) is 1. The van der Waals surface area contributed by atoms with Gasteiger partial charge in [0.05, 0.1) is 11.1 Å². The number of carbonyl (C=O) groups excluding carboxylic acids is 4. The minimum absolute atomic E-state index is 0.0862. The van der Waals surface area contributed by atoms with Gasteiger partial charge in [0.15, 0.2) is 0 Å². The quantitative estimate of drug-likeness (QED) is 0.173. The molecule has 4 aliphatic rings. The smallest absolute Gasteiger partial charge is 0.406 e. The maximum absolute atomic E-state index is 13.3. The summed E-state index contributed by atoms with van der Waals surface area (Å²) in [5.74, 6) is -1.63. The second-order valence-electron chi connectivity index (χ2n) is 15.7. The third-order valence-corrected chi connectivity index (χ3v) is 11.9. The number of nitrogens with zero attached hydrogens (tertiary/aromatic N) is 5. The fourth-order valence-electron chi connectivity index (χ4n) is 8.82. The lowest BCUT2D eigenvalue weighted by Gasteiger charge is -2.39. The van der Waals surface area contributed by atoms with E-state index in [4.69, 9.17) is 0 Å². The molecule has 0 bridgehead atoms. The first-order valence-corrected chi connectivity index (χ1v) is 20.0. The van der Waals surface area contributed by atoms with Crippen LogP contribution in [0.5, 0.6) is 5.75 Å². The monoisotopic (exact) mass is 784 g/mol. The van der Waals surface area contributed by atoms with E-state index >= 15 is 0 Å². The van der Waals surface area contributed by atoms with Gasteiger partial charge in [-0.1, -0.05) is 31.5 Å². The molecule has 4 amide bonds. The molecule has 57 heavy (non-hydrogen) atoms. The number of rotatable bonds is 11. The van der Waals surface area contributed by atoms with Gasteiger partial charge in [-0.2, -0.15) is 0 Å². The lowest BCUT2D eigenvalue weighted by atomic mass is 9.95. The summed E-state index contributed by atoms with van der Waals surface area (Å²) < 4.78 is 44.7. The van der Waals surface area contributed by atoms with Crippen LogP contribution in [-0.4, -0.2) is 101 Å². The topological polar surface area (TPSA) is 107 Å². The van der Waals surface area contributed by atoms with E-state index in [1.54, 1.807) is 24.3 Å². The molecule has 1 atom stereocenters. The van der Waals surface area contributed by atoms with Crippen molar-refractivity contribution in [2.24, 2.45) is 5.92 Å². The lowest BCUT2D eigenvalue weighted by molar-refractivity contribution is -0.274. The molecule has 14 heteroatoms. The second-order valence-corrected chi connectivity index (χ2v) is 15.7. The van der Waals surface area contributed by atoms with Crippen LogP contribution in [0.3, 0.4) is 0 Å². The Morgan fingerprint density at radius 1 is 0.789 bits per heavy atom. The number of piperazine rings is 1. The van der Waals surface area contributed by atoms with E-state index in [2.05, 4.69) is 60.6 Å². The van der Waals surface area contributed by atoms with Crippen molar-refractivity contribution < 1.29 is 37.1 Å². The van der Waals surface area contributed by atoms with Crippen molar-refractivity contribution in [3.63, 3.8) is 0 Å². The van der Waals surface area contributed by atoms with Gasteiger partial charge in [-0.3, -0.25) is 39.2 Å². The number of fused-ring (bicyclic) bond motifs is 2. The summed E-state index contributed by atoms with van der Waals surface area (Å²) in [5, 5.41) is 3.33. The molecule has 3 fully saturated rings. The average molecular weight is 785 g/mol. The number of unbranched alkanes of at least 4 members (excludes halogenated alkanes) is 1. The van der Waals surface area contributed by atoms with Crippen molar-refractivity contribution in [2.45, 2.75) is 70.9 Å². The molecule has 4 aliphatic heterocycles. The normalized spacial score (nSPS) is 20.1. The molecule has 300 valence electrons. The molecule has 8 rings (SSSR count). The summed E-state index contributed by atoms with van der Waals surface area (Å²) in [6.07, 6.45) is 1.90. The molecule has 1 aromatic heterocycles. The van der Waals surface area contributed by atoms with Gasteiger partial charge < -0.3 is 14.2 Å². The first-order valence-electron chi connectivity index (χ1n) is 20.0. The van der Waals surface area contributed by atoms with Crippen LogP contribution in [-0.2, 0) is 22.7 Å². The van der Waals surface area contributed by atoms with E-state index in [1.165, 1.54) is 17.7 Å². The van der Waals surface area contributed by atoms with E-state index in [0.717, 1.165) is 117 Å². The van der Waals surface area contributed by atoms with Crippen LogP contribution in [0.2, 0.25) is 0 Å². The summed E-state index contributed by atoms with van der Waals surface area (Å²) in [6.45, 7) is 10.3. The average Bonchev–Trinajstić information content (AvgIpc) is 3.67. The number of carbonyl (C=O) groups is 4. The van der Waals surface area contributed by atoms with E-state index < -0.39 is 36.0 Å². The number of nitrogens with one attached hydrogen (secondary N) is 1. The highest BCUT2D eigenvalue weighted by Gasteiger charge is 2.45. The molecule has 0 spiro atoms. The number of anilines is 1. The largest absolute Gasteiger partial charge is 0.573 e. The van der Waals surface area contributed by atoms with Crippen molar-refractivity contribution in [1.82, 2.24) is 24.6 Å². The minimum Gasteiger partial charge on any atom is -0.406 e. The Kier molecular flexibility index (Phi) is 10.8. The number of amides is 4. The Bertz CT molecular complexity index is 2170. The van der Waals surface area contributed by atoms with Gasteiger partial charge in [-0.15, -0.1) is 13.2 Å². The Labute approximate surface area is 329 Å². The molecule has 4 aromatic rings. The first kappa shape index (κ1) is 38.7. The Morgan fingerprint density at radius 3 is 2.23 bits per heavy atom. The van der Waals surface area contributed by atoms with Gasteiger partial charge in [0.2, 0.25) is 11.8 Å². The molecule has 0 aliphatic carbocycles. The third-order valence-electron chi connectivity index (χ3n) is 11.9. The molecule has 11 nitrogen and oxygen atoms in total. The predicted molar refractivity (Wildman–Crippen MR) is 209 cm³/mol. The molecule has 1 unspecified atom stereocenters. The minimum atomic E-state index is -4.73. The summed E-state index contributed by atoms with van der Waals surface area (Å²) in [7, 11) is 0. The highest BCUT2D eigenvalue weighted by molar-refractivity contribution is 6.23. The van der Waals surface area contributed by atoms with Crippen LogP contribution in [0.15, 0.2) is 66.9 Å². The summed E-state index contributed by atoms with van der Waals surface area (Å²) in [6, 6.07) is 17.1. The first-order chi connectivity index (χ1) is 27.4. The number of likely N-dealkylation sites (tertiary alicyclic amines) is 1. The summed E-state index contributed by atoms with van der Waals surface area (Å²) >= 11 is 0. The lowest BCUT2D eigenvalue weighted by Crippen LogP contribution is -2.54. The van der Waals surface area contributed by atoms with Crippen molar-refractivity contribution in [3.05, 3.63) is 83.6 Å². The number of benzene rings is 3. The van der Waals surface area contributed by atoms with Crippen LogP contribution in [0.4, 0.5) is 18.9 Å². The van der Waals surface area contributed by atoms with E-state index in [0.29, 0.717) is 11.5 Å². The molecule has 0 saturated carbocycles. The summed E-state index contributed by atoms with van der Waals surface area (Å²) in [5.41, 5.74) is 5.65. The van der Waals surface area contributed by atoms with E-state index in [1.807, 2.05) is 6.07 Å². The second kappa shape index (κ2) is 16.0. The van der Waals surface area contributed by atoms with E-state index in [-0.39, 0.29) is 24.2 Å². The van der Waals surface area contributed by atoms with E-state index in [9.17, 15) is 32.3 Å². The highest BCUT2D eigenvalue weighted by Crippen LogP contribution is 2.35. The van der Waals surface area contributed by atoms with Crippen molar-refractivity contribution in [2.75, 3.05) is 50.7 Å². The van der Waals surface area contributed by atoms with Crippen LogP contribution >= 0.6 is 0 Å². The molecule has 5 heterocycles. The molecule has 3 saturated heterocycles. The van der Waals surface area contributed by atoms with Crippen molar-refractivity contribution >= 4 is 40.2 Å². The Balaban J connectivity index is 0.845. The zero-order chi connectivity index (χ0) is 39.8. The predicted octanol–water partition coefficient (Wildman–Crippen LogP) is 6.44. The number of imide groups is 2. The highest BCUT2D eigenvalue weighted by atomic mass is 19.4. The molecular weight excluding hydrogens is 738 g/mol. The maximum Gasteiger partial charge on any atom is 0.573 e. The third kappa shape index (κ3) is 8.29. The van der Waals surface area contributed by atoms with Crippen molar-refractivity contribution in [3.8, 4) is 16.9 Å². The van der Waals surface area contributed by atoms with Crippen LogP contribution in [0.1, 0.15) is 71.7 Å². The Hall–Kier alpha value is -5.21. The standard InChI is InChI=1S/C43H47F3N6O5/c1-2-3-16-51-27-36(30-5-8-32(9-6-30)57-43(44,45)46)34-23-29(4-11-37(34)51)26-48-17-14-28(15-18-48)25-49-19-21-50(22-20-49)31-7-10-33-35(24-31)42(56)52(41(33)55)38-12-13-39(53)47-40(38)54/h4-11,23-24,27-28,38H,2-3,12-22,25-26H2,1H3,(H,47,53,54). The number of aryl methyl sites for hydroxylation is 1. The van der Waals surface area contributed by atoms with Gasteiger partial charge in [0.25, 0.3) is 11.8 Å². The number of alkyl halides is 3. The number of piperidine rings is 2. The summed E-state index contributed by atoms with van der Waals surface area (Å²) in [4.78, 5) is 58.8. The Morgan fingerprint density at radius 2 is 1.53 bits per heavy atom. The van der Waals surface area contributed by atoms with Gasteiger partial charge in [-0.05, 0) is 98.3 Å². The zero-order valence-corrected chi connectivity index (χ0v) is 32.0. The van der Waals surface area contributed by atoms with Gasteiger partial charge in [-0.25, -0.2) is 0 Å². The van der Waals surface area contributed by atoms with Gasteiger partial charge >= 0.3 is 6.36 Å². The van der Waals surface area contributed by atoms with Crippen LogP contribution in [0, 0.1) is 5.92 Å². The molecule has 1 N–H and O–H groups in total. The number of halogens is 3. The number of hydrogen-bond acceptors (Lipinski definition) is 8.